The third-order valence-electron chi connectivity index (χ3n) is 4.35. The molecule has 130 valence electrons. The lowest BCUT2D eigenvalue weighted by atomic mass is 9.92. The minimum atomic E-state index is -1.09. The van der Waals surface area contributed by atoms with E-state index in [-0.39, 0.29) is 12.3 Å². The number of thioether (sulfide) groups is 1. The zero-order valence-corrected chi connectivity index (χ0v) is 15.1. The first kappa shape index (κ1) is 18.6. The number of benzene rings is 1. The topological polar surface area (TPSA) is 66.4 Å². The molecule has 1 heterocycles. The third kappa shape index (κ3) is 4.87. The summed E-state index contributed by atoms with van der Waals surface area (Å²) in [6.07, 6.45) is 4.84. The Morgan fingerprint density at radius 1 is 1.25 bits per heavy atom. The van der Waals surface area contributed by atoms with E-state index in [0.717, 1.165) is 17.1 Å². The van der Waals surface area contributed by atoms with Gasteiger partial charge in [0.25, 0.3) is 0 Å². The second-order valence-corrected chi connectivity index (χ2v) is 7.70. The first-order valence-electron chi connectivity index (χ1n) is 8.31. The van der Waals surface area contributed by atoms with Crippen LogP contribution in [0.5, 0.6) is 0 Å². The molecule has 0 unspecified atom stereocenters. The molecule has 1 saturated heterocycles. The molecule has 0 aromatic heterocycles. The molecular weight excluding hydrogens is 322 g/mol. The highest BCUT2D eigenvalue weighted by Gasteiger charge is 2.40. The van der Waals surface area contributed by atoms with Crippen LogP contribution < -0.4 is 5.32 Å². The molecule has 0 radical (unpaired) electrons. The molecular formula is C19H25NO3S. The maximum Gasteiger partial charge on any atom is 0.329 e. The number of nitrogens with one attached hydrogen (secondary N) is 1. The molecule has 1 aromatic rings. The van der Waals surface area contributed by atoms with Gasteiger partial charge in [-0.25, -0.2) is 4.79 Å². The summed E-state index contributed by atoms with van der Waals surface area (Å²) in [7, 11) is 0. The molecule has 0 spiro atoms. The van der Waals surface area contributed by atoms with Crippen LogP contribution in [0.3, 0.4) is 0 Å². The molecule has 1 fully saturated rings. The Balaban J connectivity index is 1.91. The Morgan fingerprint density at radius 3 is 2.42 bits per heavy atom. The smallest absolute Gasteiger partial charge is 0.329 e. The van der Waals surface area contributed by atoms with Crippen LogP contribution in [-0.4, -0.2) is 34.0 Å². The maximum atomic E-state index is 12.1. The number of amides is 1. The third-order valence-corrected chi connectivity index (χ3v) is 5.34. The monoisotopic (exact) mass is 347 g/mol. The Morgan fingerprint density at radius 2 is 1.88 bits per heavy atom. The lowest BCUT2D eigenvalue weighted by Gasteiger charge is -2.33. The number of carbonyl (C=O) groups excluding carboxylic acids is 1. The van der Waals surface area contributed by atoms with Gasteiger partial charge in [-0.1, -0.05) is 50.3 Å². The maximum absolute atomic E-state index is 12.1. The van der Waals surface area contributed by atoms with E-state index in [9.17, 15) is 14.7 Å². The van der Waals surface area contributed by atoms with Gasteiger partial charge in [0.1, 0.15) is 5.54 Å². The summed E-state index contributed by atoms with van der Waals surface area (Å²) < 4.78 is 0. The number of carbonyl (C=O) groups is 2. The van der Waals surface area contributed by atoms with Gasteiger partial charge in [0.2, 0.25) is 5.91 Å². The van der Waals surface area contributed by atoms with E-state index in [1.807, 2.05) is 18.2 Å². The fraction of sp³-hybridized carbons (Fsp3) is 0.474. The average molecular weight is 347 g/mol. The summed E-state index contributed by atoms with van der Waals surface area (Å²) in [5, 5.41) is 12.2. The van der Waals surface area contributed by atoms with E-state index < -0.39 is 11.5 Å². The standard InChI is InChI=1S/C19H25NO3S/c1-14(2)16-8-6-15(7-9-16)4-3-5-17(21)20-19(18(22)23)10-12-24-13-11-19/h3-4,6-9,14H,5,10-13H2,1-2H3,(H,20,21)(H,22,23)/b4-3+. The van der Waals surface area contributed by atoms with Crippen LogP contribution in [0, 0.1) is 0 Å². The van der Waals surface area contributed by atoms with Crippen LogP contribution in [0.1, 0.15) is 50.2 Å². The van der Waals surface area contributed by atoms with Gasteiger partial charge in [-0.3, -0.25) is 4.79 Å². The minimum Gasteiger partial charge on any atom is -0.480 e. The van der Waals surface area contributed by atoms with Gasteiger partial charge < -0.3 is 10.4 Å². The van der Waals surface area contributed by atoms with E-state index in [1.54, 1.807) is 17.8 Å². The average Bonchev–Trinajstić information content (AvgIpc) is 2.56. The lowest BCUT2D eigenvalue weighted by molar-refractivity contribution is -0.148. The van der Waals surface area contributed by atoms with Crippen molar-refractivity contribution in [1.82, 2.24) is 5.32 Å². The normalized spacial score (nSPS) is 17.1. The van der Waals surface area contributed by atoms with E-state index >= 15 is 0 Å². The van der Waals surface area contributed by atoms with E-state index in [4.69, 9.17) is 0 Å². The van der Waals surface area contributed by atoms with Crippen molar-refractivity contribution in [3.63, 3.8) is 0 Å². The number of rotatable bonds is 6. The van der Waals surface area contributed by atoms with Crippen LogP contribution in [0.25, 0.3) is 6.08 Å². The summed E-state index contributed by atoms with van der Waals surface area (Å²) in [6, 6.07) is 8.23. The first-order chi connectivity index (χ1) is 11.4. The molecule has 1 amide bonds. The highest BCUT2D eigenvalue weighted by molar-refractivity contribution is 7.99. The predicted molar refractivity (Wildman–Crippen MR) is 99.3 cm³/mol. The SMILES string of the molecule is CC(C)c1ccc(/C=C/CC(=O)NC2(C(=O)O)CCSCC2)cc1. The molecule has 1 aliphatic heterocycles. The highest BCUT2D eigenvalue weighted by Crippen LogP contribution is 2.27. The van der Waals surface area contributed by atoms with Crippen molar-refractivity contribution in [3.8, 4) is 0 Å². The van der Waals surface area contributed by atoms with Crippen LogP contribution in [0.4, 0.5) is 0 Å². The molecule has 4 nitrogen and oxygen atoms in total. The minimum absolute atomic E-state index is 0.189. The van der Waals surface area contributed by atoms with Crippen molar-refractivity contribution in [3.05, 3.63) is 41.5 Å². The molecule has 24 heavy (non-hydrogen) atoms. The molecule has 0 aliphatic carbocycles. The highest BCUT2D eigenvalue weighted by atomic mass is 32.2. The van der Waals surface area contributed by atoms with Crippen molar-refractivity contribution >= 4 is 29.7 Å². The summed E-state index contributed by atoms with van der Waals surface area (Å²) in [6.45, 7) is 4.30. The Labute approximate surface area is 147 Å². The first-order valence-corrected chi connectivity index (χ1v) is 9.47. The molecule has 5 heteroatoms. The second-order valence-electron chi connectivity index (χ2n) is 6.48. The molecule has 2 N–H and O–H groups in total. The summed E-state index contributed by atoms with van der Waals surface area (Å²) in [4.78, 5) is 23.7. The van der Waals surface area contributed by atoms with Crippen LogP contribution in [0.2, 0.25) is 0 Å². The molecule has 0 bridgehead atoms. The van der Waals surface area contributed by atoms with Crippen molar-refractivity contribution in [2.24, 2.45) is 0 Å². The number of carboxylic acids is 1. The van der Waals surface area contributed by atoms with Crippen LogP contribution >= 0.6 is 11.8 Å². The fourth-order valence-electron chi connectivity index (χ4n) is 2.72. The van der Waals surface area contributed by atoms with Gasteiger partial charge in [-0.05, 0) is 41.4 Å². The van der Waals surface area contributed by atoms with Gasteiger partial charge in [-0.15, -0.1) is 0 Å². The summed E-state index contributed by atoms with van der Waals surface area (Å²) in [5.74, 6) is 0.869. The van der Waals surface area contributed by atoms with Crippen LogP contribution in [0.15, 0.2) is 30.3 Å². The number of hydrogen-bond donors (Lipinski definition) is 2. The predicted octanol–water partition coefficient (Wildman–Crippen LogP) is 3.68. The quantitative estimate of drug-likeness (QED) is 0.824. The zero-order chi connectivity index (χ0) is 17.6. The molecule has 1 aliphatic rings. The van der Waals surface area contributed by atoms with Gasteiger partial charge in [0.15, 0.2) is 0 Å². The molecule has 0 saturated carbocycles. The Kier molecular flexibility index (Phi) is 6.49. The Hall–Kier alpha value is -1.75. The van der Waals surface area contributed by atoms with Crippen molar-refractivity contribution in [2.75, 3.05) is 11.5 Å². The van der Waals surface area contributed by atoms with E-state index in [2.05, 4.69) is 31.3 Å². The van der Waals surface area contributed by atoms with Gasteiger partial charge in [-0.2, -0.15) is 11.8 Å². The van der Waals surface area contributed by atoms with Gasteiger partial charge in [0.05, 0.1) is 0 Å². The molecule has 0 atom stereocenters. The zero-order valence-electron chi connectivity index (χ0n) is 14.2. The van der Waals surface area contributed by atoms with Gasteiger partial charge in [0, 0.05) is 6.42 Å². The van der Waals surface area contributed by atoms with Crippen LogP contribution in [-0.2, 0) is 9.59 Å². The van der Waals surface area contributed by atoms with Crippen molar-refractivity contribution in [1.29, 1.82) is 0 Å². The number of carboxylic acid groups (broad SMARTS) is 1. The molecule has 2 rings (SSSR count). The lowest BCUT2D eigenvalue weighted by Crippen LogP contribution is -2.56. The van der Waals surface area contributed by atoms with E-state index in [1.165, 1.54) is 5.56 Å². The van der Waals surface area contributed by atoms with E-state index in [0.29, 0.717) is 18.8 Å². The van der Waals surface area contributed by atoms with Gasteiger partial charge >= 0.3 is 5.97 Å². The largest absolute Gasteiger partial charge is 0.480 e. The van der Waals surface area contributed by atoms with Crippen molar-refractivity contribution in [2.45, 2.75) is 44.6 Å². The fourth-order valence-corrected chi connectivity index (χ4v) is 3.91. The van der Waals surface area contributed by atoms with Crippen molar-refractivity contribution < 1.29 is 14.7 Å². The number of aliphatic carboxylic acids is 1. The molecule has 1 aromatic carbocycles. The second kappa shape index (κ2) is 8.38. The Bertz CT molecular complexity index is 602. The summed E-state index contributed by atoms with van der Waals surface area (Å²) >= 11 is 1.73. The number of hydrogen-bond acceptors (Lipinski definition) is 3. The summed E-state index contributed by atoms with van der Waals surface area (Å²) in [5.41, 5.74) is 1.23.